The fraction of sp³-hybridized carbons (Fsp3) is 0.600. The van der Waals surface area contributed by atoms with Crippen molar-refractivity contribution < 1.29 is 0 Å². The molecule has 0 aliphatic carbocycles. The van der Waals surface area contributed by atoms with Gasteiger partial charge in [-0.3, -0.25) is 0 Å². The molecule has 0 aliphatic heterocycles. The maximum absolute atomic E-state index is 5.87. The molecule has 19 heavy (non-hydrogen) atoms. The summed E-state index contributed by atoms with van der Waals surface area (Å²) in [7, 11) is 4.22. The Kier molecular flexibility index (Phi) is 6.83. The Morgan fingerprint density at radius 1 is 1.21 bits per heavy atom. The van der Waals surface area contributed by atoms with Gasteiger partial charge in [-0.1, -0.05) is 35.8 Å². The van der Waals surface area contributed by atoms with Crippen molar-refractivity contribution in [2.24, 2.45) is 11.7 Å². The predicted octanol–water partition coefficient (Wildman–Crippen LogP) is 2.93. The third-order valence-corrected chi connectivity index (χ3v) is 3.50. The molecule has 0 unspecified atom stereocenters. The van der Waals surface area contributed by atoms with Crippen molar-refractivity contribution in [1.82, 2.24) is 4.90 Å². The molecular formula is C15H26BrN3. The van der Waals surface area contributed by atoms with Crippen LogP contribution in [0.1, 0.15) is 19.4 Å². The summed E-state index contributed by atoms with van der Waals surface area (Å²) < 4.78 is 1.11. The van der Waals surface area contributed by atoms with Gasteiger partial charge >= 0.3 is 0 Å². The van der Waals surface area contributed by atoms with Gasteiger partial charge in [0.2, 0.25) is 0 Å². The van der Waals surface area contributed by atoms with E-state index in [1.54, 1.807) is 0 Å². The van der Waals surface area contributed by atoms with Crippen LogP contribution in [0.2, 0.25) is 0 Å². The first-order chi connectivity index (χ1) is 8.93. The summed E-state index contributed by atoms with van der Waals surface area (Å²) in [5, 5.41) is 0. The lowest BCUT2D eigenvalue weighted by Crippen LogP contribution is -2.35. The van der Waals surface area contributed by atoms with Gasteiger partial charge in [-0.2, -0.15) is 0 Å². The first-order valence-corrected chi connectivity index (χ1v) is 7.61. The topological polar surface area (TPSA) is 32.5 Å². The van der Waals surface area contributed by atoms with Crippen LogP contribution in [0, 0.1) is 5.92 Å². The summed E-state index contributed by atoms with van der Waals surface area (Å²) >= 11 is 3.56. The van der Waals surface area contributed by atoms with Gasteiger partial charge in [-0.15, -0.1) is 0 Å². The Hall–Kier alpha value is -0.580. The summed E-state index contributed by atoms with van der Waals surface area (Å²) in [6.45, 7) is 8.21. The lowest BCUT2D eigenvalue weighted by molar-refractivity contribution is 0.409. The van der Waals surface area contributed by atoms with Crippen LogP contribution in [0.3, 0.4) is 0 Å². The molecule has 1 rings (SSSR count). The number of benzene rings is 1. The molecule has 0 saturated carbocycles. The minimum Gasteiger partial charge on any atom is -0.370 e. The van der Waals surface area contributed by atoms with E-state index < -0.39 is 0 Å². The van der Waals surface area contributed by atoms with Crippen LogP contribution < -0.4 is 10.6 Å². The lowest BCUT2D eigenvalue weighted by atomic mass is 10.1. The Bertz CT molecular complexity index is 391. The molecule has 0 bridgehead atoms. The summed E-state index contributed by atoms with van der Waals surface area (Å²) in [5.74, 6) is 0.631. The molecule has 0 saturated heterocycles. The number of halogens is 1. The first-order valence-electron chi connectivity index (χ1n) is 6.82. The molecule has 0 spiro atoms. The third kappa shape index (κ3) is 5.51. The zero-order chi connectivity index (χ0) is 14.4. The number of anilines is 1. The SMILES string of the molecule is CC(C)CN(CCN(C)C)c1cc(Br)ccc1CN. The Balaban J connectivity index is 2.97. The molecule has 0 atom stereocenters. The number of rotatable bonds is 7. The minimum absolute atomic E-state index is 0.583. The van der Waals surface area contributed by atoms with Crippen LogP contribution in [0.4, 0.5) is 5.69 Å². The third-order valence-electron chi connectivity index (χ3n) is 3.01. The number of nitrogens with zero attached hydrogens (tertiary/aromatic N) is 2. The molecule has 1 aromatic carbocycles. The van der Waals surface area contributed by atoms with E-state index in [1.165, 1.54) is 11.3 Å². The standard InChI is InChI=1S/C15H26BrN3/c1-12(2)11-19(8-7-18(3)4)15-9-14(16)6-5-13(15)10-17/h5-6,9,12H,7-8,10-11,17H2,1-4H3. The normalized spacial score (nSPS) is 11.4. The highest BCUT2D eigenvalue weighted by molar-refractivity contribution is 9.10. The molecule has 0 heterocycles. The zero-order valence-corrected chi connectivity index (χ0v) is 14.1. The van der Waals surface area contributed by atoms with E-state index in [2.05, 4.69) is 71.9 Å². The van der Waals surface area contributed by atoms with Crippen LogP contribution in [0.25, 0.3) is 0 Å². The second-order valence-electron chi connectivity index (χ2n) is 5.62. The van der Waals surface area contributed by atoms with Gasteiger partial charge in [0.05, 0.1) is 0 Å². The van der Waals surface area contributed by atoms with Crippen LogP contribution in [-0.2, 0) is 6.54 Å². The highest BCUT2D eigenvalue weighted by Crippen LogP contribution is 2.25. The second-order valence-corrected chi connectivity index (χ2v) is 6.54. The number of nitrogens with two attached hydrogens (primary N) is 1. The largest absolute Gasteiger partial charge is 0.370 e. The van der Waals surface area contributed by atoms with Crippen molar-refractivity contribution in [2.75, 3.05) is 38.6 Å². The molecule has 0 radical (unpaired) electrons. The molecule has 0 aromatic heterocycles. The molecule has 0 aliphatic rings. The van der Waals surface area contributed by atoms with Gasteiger partial charge in [-0.05, 0) is 37.7 Å². The van der Waals surface area contributed by atoms with E-state index in [-0.39, 0.29) is 0 Å². The molecule has 2 N–H and O–H groups in total. The van der Waals surface area contributed by atoms with Crippen molar-refractivity contribution in [3.05, 3.63) is 28.2 Å². The van der Waals surface area contributed by atoms with Crippen molar-refractivity contribution in [3.8, 4) is 0 Å². The molecular weight excluding hydrogens is 302 g/mol. The number of hydrogen-bond acceptors (Lipinski definition) is 3. The van der Waals surface area contributed by atoms with Crippen molar-refractivity contribution in [1.29, 1.82) is 0 Å². The summed E-state index contributed by atoms with van der Waals surface area (Å²) in [4.78, 5) is 4.66. The second kappa shape index (κ2) is 7.88. The quantitative estimate of drug-likeness (QED) is 0.835. The fourth-order valence-electron chi connectivity index (χ4n) is 2.08. The van der Waals surface area contributed by atoms with Gasteiger partial charge < -0.3 is 15.5 Å². The zero-order valence-electron chi connectivity index (χ0n) is 12.5. The molecule has 0 amide bonds. The molecule has 0 fully saturated rings. The Morgan fingerprint density at radius 2 is 1.89 bits per heavy atom. The van der Waals surface area contributed by atoms with E-state index >= 15 is 0 Å². The minimum atomic E-state index is 0.583. The molecule has 3 nitrogen and oxygen atoms in total. The summed E-state index contributed by atoms with van der Waals surface area (Å²) in [6.07, 6.45) is 0. The van der Waals surface area contributed by atoms with Gasteiger partial charge in [0.25, 0.3) is 0 Å². The summed E-state index contributed by atoms with van der Waals surface area (Å²) in [5.41, 5.74) is 8.34. The van der Waals surface area contributed by atoms with Gasteiger partial charge in [0, 0.05) is 36.3 Å². The maximum Gasteiger partial charge on any atom is 0.0423 e. The first kappa shape index (κ1) is 16.5. The van der Waals surface area contributed by atoms with Crippen LogP contribution in [0.5, 0.6) is 0 Å². The smallest absolute Gasteiger partial charge is 0.0423 e. The molecule has 4 heteroatoms. The number of hydrogen-bond donors (Lipinski definition) is 1. The van der Waals surface area contributed by atoms with Gasteiger partial charge in [0.1, 0.15) is 0 Å². The van der Waals surface area contributed by atoms with Crippen LogP contribution in [0.15, 0.2) is 22.7 Å². The van der Waals surface area contributed by atoms with E-state index in [0.717, 1.165) is 24.1 Å². The maximum atomic E-state index is 5.87. The molecule has 1 aromatic rings. The average molecular weight is 328 g/mol. The van der Waals surface area contributed by atoms with Crippen molar-refractivity contribution >= 4 is 21.6 Å². The van der Waals surface area contributed by atoms with Crippen LogP contribution in [-0.4, -0.2) is 38.6 Å². The van der Waals surface area contributed by atoms with Crippen LogP contribution >= 0.6 is 15.9 Å². The number of likely N-dealkylation sites (N-methyl/N-ethyl adjacent to an activating group) is 1. The Morgan fingerprint density at radius 3 is 2.42 bits per heavy atom. The highest BCUT2D eigenvalue weighted by atomic mass is 79.9. The highest BCUT2D eigenvalue weighted by Gasteiger charge is 2.13. The van der Waals surface area contributed by atoms with Gasteiger partial charge in [0.15, 0.2) is 0 Å². The lowest BCUT2D eigenvalue weighted by Gasteiger charge is -2.30. The van der Waals surface area contributed by atoms with Crippen molar-refractivity contribution in [2.45, 2.75) is 20.4 Å². The predicted molar refractivity (Wildman–Crippen MR) is 87.6 cm³/mol. The van der Waals surface area contributed by atoms with E-state index in [9.17, 15) is 0 Å². The summed E-state index contributed by atoms with van der Waals surface area (Å²) in [6, 6.07) is 6.35. The van der Waals surface area contributed by atoms with E-state index in [4.69, 9.17) is 5.73 Å². The van der Waals surface area contributed by atoms with Gasteiger partial charge in [-0.25, -0.2) is 0 Å². The average Bonchev–Trinajstić information content (AvgIpc) is 2.33. The Labute approximate surface area is 125 Å². The van der Waals surface area contributed by atoms with Crippen molar-refractivity contribution in [3.63, 3.8) is 0 Å². The van der Waals surface area contributed by atoms with E-state index in [1.807, 2.05) is 0 Å². The molecule has 108 valence electrons. The monoisotopic (exact) mass is 327 g/mol. The van der Waals surface area contributed by atoms with E-state index in [0.29, 0.717) is 12.5 Å². The fourth-order valence-corrected chi connectivity index (χ4v) is 2.42.